The first-order valence-corrected chi connectivity index (χ1v) is 7.71. The van der Waals surface area contributed by atoms with Gasteiger partial charge in [-0.25, -0.2) is 0 Å². The van der Waals surface area contributed by atoms with E-state index in [0.717, 1.165) is 18.9 Å². The molecule has 1 aromatic carbocycles. The average Bonchev–Trinajstić information content (AvgIpc) is 2.88. The molecule has 1 aromatic rings. The Morgan fingerprint density at radius 2 is 1.90 bits per heavy atom. The topological polar surface area (TPSA) is 30.5 Å². The molecule has 0 bridgehead atoms. The number of methoxy groups -OCH3 is 1. The van der Waals surface area contributed by atoms with Gasteiger partial charge in [0.1, 0.15) is 5.75 Å². The van der Waals surface area contributed by atoms with Crippen LogP contribution in [0.15, 0.2) is 24.3 Å². The third-order valence-corrected chi connectivity index (χ3v) is 4.93. The fourth-order valence-corrected chi connectivity index (χ4v) is 3.57. The molecule has 0 radical (unpaired) electrons. The fraction of sp³-hybridized carbons (Fsp3) is 0.647. The first-order chi connectivity index (χ1) is 9.72. The van der Waals surface area contributed by atoms with E-state index in [1.54, 1.807) is 7.11 Å². The van der Waals surface area contributed by atoms with Gasteiger partial charge in [-0.3, -0.25) is 0 Å². The number of ether oxygens (including phenoxy) is 2. The highest BCUT2D eigenvalue weighted by Gasteiger charge is 2.38. The van der Waals surface area contributed by atoms with Crippen LogP contribution in [0.3, 0.4) is 0 Å². The minimum Gasteiger partial charge on any atom is -0.497 e. The highest BCUT2D eigenvalue weighted by Crippen LogP contribution is 2.41. The summed E-state index contributed by atoms with van der Waals surface area (Å²) < 4.78 is 11.5. The van der Waals surface area contributed by atoms with Crippen LogP contribution in [-0.2, 0) is 4.74 Å². The minimum atomic E-state index is 0.140. The van der Waals surface area contributed by atoms with Crippen LogP contribution >= 0.6 is 0 Å². The molecule has 1 saturated heterocycles. The molecule has 3 heteroatoms. The fourth-order valence-electron chi connectivity index (χ4n) is 3.57. The van der Waals surface area contributed by atoms with E-state index in [-0.39, 0.29) is 6.10 Å². The van der Waals surface area contributed by atoms with Crippen molar-refractivity contribution in [2.45, 2.75) is 44.8 Å². The summed E-state index contributed by atoms with van der Waals surface area (Å²) in [6.45, 7) is 4.21. The van der Waals surface area contributed by atoms with Crippen LogP contribution in [0, 0.1) is 5.41 Å². The number of hydrogen-bond donors (Lipinski definition) is 1. The molecule has 110 valence electrons. The Morgan fingerprint density at radius 1 is 1.20 bits per heavy atom. The SMILES string of the molecule is COc1ccc(C2OCC3(CCCC3)CNC2C)cc1. The molecule has 1 N–H and O–H groups in total. The van der Waals surface area contributed by atoms with Crippen molar-refractivity contribution in [1.82, 2.24) is 5.32 Å². The van der Waals surface area contributed by atoms with Gasteiger partial charge in [-0.1, -0.05) is 25.0 Å². The van der Waals surface area contributed by atoms with E-state index < -0.39 is 0 Å². The van der Waals surface area contributed by atoms with Gasteiger partial charge in [0.15, 0.2) is 0 Å². The van der Waals surface area contributed by atoms with E-state index in [9.17, 15) is 0 Å². The van der Waals surface area contributed by atoms with Crippen molar-refractivity contribution in [1.29, 1.82) is 0 Å². The maximum Gasteiger partial charge on any atom is 0.118 e. The van der Waals surface area contributed by atoms with Crippen LogP contribution in [0.25, 0.3) is 0 Å². The van der Waals surface area contributed by atoms with E-state index in [0.29, 0.717) is 11.5 Å². The summed E-state index contributed by atoms with van der Waals surface area (Å²) in [7, 11) is 1.70. The molecule has 1 aliphatic heterocycles. The predicted molar refractivity (Wildman–Crippen MR) is 80.1 cm³/mol. The molecule has 3 nitrogen and oxygen atoms in total. The average molecular weight is 275 g/mol. The Kier molecular flexibility index (Phi) is 3.99. The van der Waals surface area contributed by atoms with Gasteiger partial charge in [0.2, 0.25) is 0 Å². The first-order valence-electron chi connectivity index (χ1n) is 7.71. The zero-order valence-electron chi connectivity index (χ0n) is 12.5. The van der Waals surface area contributed by atoms with Gasteiger partial charge in [-0.05, 0) is 37.5 Å². The normalized spacial score (nSPS) is 29.3. The summed E-state index contributed by atoms with van der Waals surface area (Å²) >= 11 is 0. The van der Waals surface area contributed by atoms with Crippen LogP contribution in [0.5, 0.6) is 5.75 Å². The lowest BCUT2D eigenvalue weighted by Crippen LogP contribution is -2.36. The second-order valence-electron chi connectivity index (χ2n) is 6.38. The third-order valence-electron chi connectivity index (χ3n) is 4.93. The van der Waals surface area contributed by atoms with E-state index in [1.165, 1.54) is 31.2 Å². The molecule has 0 amide bonds. The summed E-state index contributed by atoms with van der Waals surface area (Å²) in [6.07, 6.45) is 5.46. The van der Waals surface area contributed by atoms with Crippen molar-refractivity contribution >= 4 is 0 Å². The van der Waals surface area contributed by atoms with E-state index in [1.807, 2.05) is 12.1 Å². The van der Waals surface area contributed by atoms with Crippen molar-refractivity contribution in [3.05, 3.63) is 29.8 Å². The van der Waals surface area contributed by atoms with Gasteiger partial charge in [0.25, 0.3) is 0 Å². The summed E-state index contributed by atoms with van der Waals surface area (Å²) in [6, 6.07) is 8.62. The predicted octanol–water partition coefficient (Wildman–Crippen LogP) is 3.31. The second-order valence-corrected chi connectivity index (χ2v) is 6.38. The molecule has 2 unspecified atom stereocenters. The van der Waals surface area contributed by atoms with Crippen molar-refractivity contribution < 1.29 is 9.47 Å². The van der Waals surface area contributed by atoms with Crippen LogP contribution < -0.4 is 10.1 Å². The van der Waals surface area contributed by atoms with Gasteiger partial charge in [-0.2, -0.15) is 0 Å². The summed E-state index contributed by atoms with van der Waals surface area (Å²) in [4.78, 5) is 0. The van der Waals surface area contributed by atoms with E-state index >= 15 is 0 Å². The summed E-state index contributed by atoms with van der Waals surface area (Å²) in [5.41, 5.74) is 1.62. The number of benzene rings is 1. The summed E-state index contributed by atoms with van der Waals surface area (Å²) in [5.74, 6) is 0.898. The van der Waals surface area contributed by atoms with E-state index in [4.69, 9.17) is 9.47 Å². The van der Waals surface area contributed by atoms with Gasteiger partial charge in [-0.15, -0.1) is 0 Å². The maximum absolute atomic E-state index is 6.31. The standard InChI is InChI=1S/C17H25NO2/c1-13-16(14-5-7-15(19-2)8-6-14)20-12-17(11-18-13)9-3-4-10-17/h5-8,13,16,18H,3-4,9-12H2,1-2H3. The Balaban J connectivity index is 1.75. The van der Waals surface area contributed by atoms with Crippen molar-refractivity contribution in [3.8, 4) is 5.75 Å². The van der Waals surface area contributed by atoms with Crippen molar-refractivity contribution in [2.75, 3.05) is 20.3 Å². The van der Waals surface area contributed by atoms with Crippen LogP contribution in [0.1, 0.15) is 44.3 Å². The highest BCUT2D eigenvalue weighted by atomic mass is 16.5. The molecular formula is C17H25NO2. The summed E-state index contributed by atoms with van der Waals surface area (Å²) in [5, 5.41) is 3.70. The Morgan fingerprint density at radius 3 is 2.55 bits per heavy atom. The lowest BCUT2D eigenvalue weighted by molar-refractivity contribution is 0.00410. The molecule has 1 saturated carbocycles. The zero-order valence-corrected chi connectivity index (χ0v) is 12.5. The molecular weight excluding hydrogens is 250 g/mol. The largest absolute Gasteiger partial charge is 0.497 e. The quantitative estimate of drug-likeness (QED) is 0.898. The Hall–Kier alpha value is -1.06. The third kappa shape index (κ3) is 2.70. The van der Waals surface area contributed by atoms with Crippen LogP contribution in [0.2, 0.25) is 0 Å². The van der Waals surface area contributed by atoms with Crippen molar-refractivity contribution in [2.24, 2.45) is 5.41 Å². The monoisotopic (exact) mass is 275 g/mol. The van der Waals surface area contributed by atoms with Crippen LogP contribution in [0.4, 0.5) is 0 Å². The molecule has 1 aliphatic carbocycles. The van der Waals surface area contributed by atoms with Gasteiger partial charge >= 0.3 is 0 Å². The molecule has 3 rings (SSSR count). The molecule has 2 fully saturated rings. The molecule has 0 aromatic heterocycles. The van der Waals surface area contributed by atoms with Crippen LogP contribution in [-0.4, -0.2) is 26.3 Å². The lowest BCUT2D eigenvalue weighted by Gasteiger charge is -2.26. The zero-order chi connectivity index (χ0) is 14.0. The number of nitrogens with one attached hydrogen (secondary N) is 1. The van der Waals surface area contributed by atoms with Gasteiger partial charge in [0, 0.05) is 18.0 Å². The molecule has 1 heterocycles. The second kappa shape index (κ2) is 5.74. The number of rotatable bonds is 2. The van der Waals surface area contributed by atoms with Crippen molar-refractivity contribution in [3.63, 3.8) is 0 Å². The molecule has 20 heavy (non-hydrogen) atoms. The maximum atomic E-state index is 6.31. The van der Waals surface area contributed by atoms with E-state index in [2.05, 4.69) is 24.4 Å². The lowest BCUT2D eigenvalue weighted by atomic mass is 9.87. The molecule has 1 spiro atoms. The number of hydrogen-bond acceptors (Lipinski definition) is 3. The minimum absolute atomic E-state index is 0.140. The Labute approximate surface area is 121 Å². The van der Waals surface area contributed by atoms with Gasteiger partial charge < -0.3 is 14.8 Å². The van der Waals surface area contributed by atoms with Gasteiger partial charge in [0.05, 0.1) is 19.8 Å². The Bertz CT molecular complexity index is 437. The highest BCUT2D eigenvalue weighted by molar-refractivity contribution is 5.29. The first kappa shape index (κ1) is 13.9. The molecule has 2 aliphatic rings. The smallest absolute Gasteiger partial charge is 0.118 e. The molecule has 2 atom stereocenters.